The van der Waals surface area contributed by atoms with E-state index in [1.165, 1.54) is 12.1 Å². The van der Waals surface area contributed by atoms with Crippen LogP contribution in [-0.2, 0) is 4.79 Å². The monoisotopic (exact) mass is 211 g/mol. The minimum atomic E-state index is -1.00. The summed E-state index contributed by atoms with van der Waals surface area (Å²) in [4.78, 5) is 9.89. The number of carbonyl (C=O) groups is 1. The number of allylic oxidation sites excluding steroid dienone is 2. The number of quaternary nitrogens is 1. The fourth-order valence-corrected chi connectivity index (χ4v) is 0.481. The number of aliphatic hydroxyl groups is 1. The van der Waals surface area contributed by atoms with Gasteiger partial charge in [-0.25, -0.2) is 0 Å². The Morgan fingerprint density at radius 3 is 2.00 bits per heavy atom. The van der Waals surface area contributed by atoms with E-state index < -0.39 is 11.7 Å². The molecule has 6 nitrogen and oxygen atoms in total. The molecule has 0 aliphatic carbocycles. The summed E-state index contributed by atoms with van der Waals surface area (Å²) in [7, 11) is 5.40. The first-order valence-corrected chi connectivity index (χ1v) is 3.92. The van der Waals surface area contributed by atoms with Crippen molar-refractivity contribution in [3.63, 3.8) is 0 Å². The van der Waals surface area contributed by atoms with E-state index in [0.717, 1.165) is 6.08 Å². The van der Waals surface area contributed by atoms with Gasteiger partial charge in [-0.2, -0.15) is 10.5 Å². The van der Waals surface area contributed by atoms with E-state index in [0.29, 0.717) is 4.48 Å². The smallest absolute Gasteiger partial charge is 0.205 e. The van der Waals surface area contributed by atoms with Gasteiger partial charge in [-0.3, -0.25) is 0 Å². The fraction of sp³-hybridized carbons (Fsp3) is 0.444. The van der Waals surface area contributed by atoms with Crippen LogP contribution in [0.5, 0.6) is 0 Å². The molecule has 15 heavy (non-hydrogen) atoms. The van der Waals surface area contributed by atoms with E-state index in [-0.39, 0.29) is 6.54 Å². The highest BCUT2D eigenvalue weighted by atomic mass is 16.4. The second kappa shape index (κ2) is 7.36. The zero-order chi connectivity index (χ0) is 12.5. The van der Waals surface area contributed by atoms with E-state index in [1.807, 2.05) is 0 Å². The van der Waals surface area contributed by atoms with Crippen LogP contribution in [0.2, 0.25) is 0 Å². The molecular weight excluding hydrogens is 198 g/mol. The first-order chi connectivity index (χ1) is 6.72. The predicted molar refractivity (Wildman–Crippen MR) is 49.8 cm³/mol. The third-order valence-electron chi connectivity index (χ3n) is 0.919. The van der Waals surface area contributed by atoms with Gasteiger partial charge in [0, 0.05) is 0 Å². The molecule has 6 heteroatoms. The summed E-state index contributed by atoms with van der Waals surface area (Å²) in [5, 5.41) is 33.5. The molecule has 0 fully saturated rings. The zero-order valence-electron chi connectivity index (χ0n) is 8.89. The second-order valence-corrected chi connectivity index (χ2v) is 3.59. The number of aliphatic carboxylic acids is 1. The number of hydrogen-bond acceptors (Lipinski definition) is 5. The molecule has 0 unspecified atom stereocenters. The Hall–Kier alpha value is -2.05. The van der Waals surface area contributed by atoms with Gasteiger partial charge in [0.2, 0.25) is 5.76 Å². The van der Waals surface area contributed by atoms with Crippen LogP contribution >= 0.6 is 0 Å². The highest BCUT2D eigenvalue weighted by molar-refractivity contribution is 5.65. The minimum Gasteiger partial charge on any atom is -0.544 e. The van der Waals surface area contributed by atoms with E-state index in [2.05, 4.69) is 0 Å². The summed E-state index contributed by atoms with van der Waals surface area (Å²) < 4.78 is 0.419. The fourth-order valence-electron chi connectivity index (χ4n) is 0.481. The first kappa shape index (κ1) is 15.4. The Labute approximate surface area is 88.5 Å². The zero-order valence-corrected chi connectivity index (χ0v) is 8.89. The van der Waals surface area contributed by atoms with Crippen LogP contribution in [0, 0.1) is 22.7 Å². The third-order valence-corrected chi connectivity index (χ3v) is 0.919. The molecule has 0 atom stereocenters. The van der Waals surface area contributed by atoms with Crippen molar-refractivity contribution in [2.75, 3.05) is 27.7 Å². The summed E-state index contributed by atoms with van der Waals surface area (Å²) in [6.07, 6.45) is 0.764. The molecule has 0 aromatic heterocycles. The summed E-state index contributed by atoms with van der Waals surface area (Å²) in [5.41, 5.74) is 0. The van der Waals surface area contributed by atoms with Crippen LogP contribution in [0.3, 0.4) is 0 Å². The lowest BCUT2D eigenvalue weighted by atomic mass is 10.5. The van der Waals surface area contributed by atoms with Crippen molar-refractivity contribution in [2.45, 2.75) is 0 Å². The van der Waals surface area contributed by atoms with Crippen molar-refractivity contribution in [1.29, 1.82) is 10.5 Å². The van der Waals surface area contributed by atoms with Gasteiger partial charge in [0.1, 0.15) is 12.6 Å². The van der Waals surface area contributed by atoms with E-state index in [4.69, 9.17) is 15.6 Å². The van der Waals surface area contributed by atoms with E-state index >= 15 is 0 Å². The largest absolute Gasteiger partial charge is 0.544 e. The highest BCUT2D eigenvalue weighted by Gasteiger charge is 2.04. The van der Waals surface area contributed by atoms with Crippen molar-refractivity contribution in [3.8, 4) is 12.1 Å². The SMILES string of the molecule is C[N+](C)(C)CC(=O)[O-].N#C/C=C(/O)C#N. The van der Waals surface area contributed by atoms with Gasteiger partial charge < -0.3 is 19.5 Å². The minimum absolute atomic E-state index is 0.0694. The van der Waals surface area contributed by atoms with Crippen LogP contribution in [0.15, 0.2) is 11.8 Å². The van der Waals surface area contributed by atoms with Crippen molar-refractivity contribution < 1.29 is 19.5 Å². The van der Waals surface area contributed by atoms with Gasteiger partial charge in [-0.1, -0.05) is 0 Å². The van der Waals surface area contributed by atoms with Gasteiger partial charge in [0.05, 0.1) is 39.3 Å². The topological polar surface area (TPSA) is 108 Å². The lowest BCUT2D eigenvalue weighted by Crippen LogP contribution is -2.45. The number of carbonyl (C=O) groups excluding carboxylic acids is 1. The quantitative estimate of drug-likeness (QED) is 0.270. The lowest BCUT2D eigenvalue weighted by molar-refractivity contribution is -0.864. The number of likely N-dealkylation sites (N-methyl/N-ethyl adjacent to an activating group) is 1. The van der Waals surface area contributed by atoms with Gasteiger partial charge in [-0.15, -0.1) is 0 Å². The van der Waals surface area contributed by atoms with Crippen LogP contribution < -0.4 is 5.11 Å². The van der Waals surface area contributed by atoms with Crippen molar-refractivity contribution in [2.24, 2.45) is 0 Å². The third kappa shape index (κ3) is 18.7. The van der Waals surface area contributed by atoms with Gasteiger partial charge in [0.15, 0.2) is 0 Å². The molecule has 1 N–H and O–H groups in total. The Bertz CT molecular complexity index is 315. The maximum Gasteiger partial charge on any atom is 0.205 e. The molecule has 0 saturated carbocycles. The number of nitrogens with zero attached hydrogens (tertiary/aromatic N) is 3. The van der Waals surface area contributed by atoms with Gasteiger partial charge in [-0.05, 0) is 0 Å². The molecule has 0 aliphatic heterocycles. The van der Waals surface area contributed by atoms with Crippen molar-refractivity contribution >= 4 is 5.97 Å². The van der Waals surface area contributed by atoms with Gasteiger partial charge >= 0.3 is 0 Å². The molecule has 0 radical (unpaired) electrons. The van der Waals surface area contributed by atoms with Gasteiger partial charge in [0.25, 0.3) is 0 Å². The average Bonchev–Trinajstić information content (AvgIpc) is 2.01. The Morgan fingerprint density at radius 2 is 1.93 bits per heavy atom. The molecule has 82 valence electrons. The van der Waals surface area contributed by atoms with Crippen molar-refractivity contribution in [3.05, 3.63) is 11.8 Å². The maximum atomic E-state index is 9.89. The molecule has 0 aliphatic rings. The normalized spacial score (nSPS) is 10.3. The average molecular weight is 211 g/mol. The number of carboxylic acid groups (broad SMARTS) is 1. The highest BCUT2D eigenvalue weighted by Crippen LogP contribution is 1.84. The van der Waals surface area contributed by atoms with Crippen LogP contribution in [0.1, 0.15) is 0 Å². The molecule has 0 rings (SSSR count). The van der Waals surface area contributed by atoms with Crippen molar-refractivity contribution in [1.82, 2.24) is 0 Å². The molecule has 0 saturated heterocycles. The first-order valence-electron chi connectivity index (χ1n) is 3.92. The Morgan fingerprint density at radius 1 is 1.47 bits per heavy atom. The number of hydrogen-bond donors (Lipinski definition) is 1. The standard InChI is InChI=1S/C5H11NO2.C4H2N2O/c1-6(2,3)4-5(7)8;5-2-1-4(7)3-6/h4H2,1-3H3;1,7H/b;4-1+. The number of carboxylic acids is 1. The number of rotatable bonds is 2. The molecule has 0 heterocycles. The summed E-state index contributed by atoms with van der Waals surface area (Å²) >= 11 is 0. The van der Waals surface area contributed by atoms with Crippen LogP contribution in [0.4, 0.5) is 0 Å². The molecule has 0 aromatic rings. The molecule has 0 spiro atoms. The molecule has 0 bridgehead atoms. The Balaban J connectivity index is 0. The molecule has 0 amide bonds. The summed E-state index contributed by atoms with van der Waals surface area (Å²) in [6.45, 7) is 0.0694. The van der Waals surface area contributed by atoms with E-state index in [9.17, 15) is 9.90 Å². The van der Waals surface area contributed by atoms with E-state index in [1.54, 1.807) is 21.1 Å². The summed E-state index contributed by atoms with van der Waals surface area (Å²) in [5.74, 6) is -1.56. The molecular formula is C9H13N3O3. The second-order valence-electron chi connectivity index (χ2n) is 3.59. The summed E-state index contributed by atoms with van der Waals surface area (Å²) in [6, 6.07) is 2.84. The Kier molecular flexibility index (Phi) is 7.57. The number of aliphatic hydroxyl groups excluding tert-OH is 1. The maximum absolute atomic E-state index is 9.89. The number of nitriles is 2. The molecule has 0 aromatic carbocycles. The lowest BCUT2D eigenvalue weighted by Gasteiger charge is -2.23. The van der Waals surface area contributed by atoms with Crippen LogP contribution in [0.25, 0.3) is 0 Å². The predicted octanol–water partition coefficient (Wildman–Crippen LogP) is -1.08. The van der Waals surface area contributed by atoms with Crippen LogP contribution in [-0.4, -0.2) is 43.2 Å².